The number of imidazole rings is 1. The van der Waals surface area contributed by atoms with Crippen LogP contribution in [0.4, 0.5) is 0 Å². The molecule has 0 bridgehead atoms. The summed E-state index contributed by atoms with van der Waals surface area (Å²) in [5, 5.41) is 0. The third-order valence-electron chi connectivity index (χ3n) is 3.52. The Morgan fingerprint density at radius 2 is 1.62 bits per heavy atom. The van der Waals surface area contributed by atoms with Gasteiger partial charge < -0.3 is 9.47 Å². The minimum absolute atomic E-state index is 0.0578. The number of carbonyl (C=O) groups excluding carboxylic acids is 2. The highest BCUT2D eigenvalue weighted by atomic mass is 32.2. The Balaban J connectivity index is 2.40. The van der Waals surface area contributed by atoms with Gasteiger partial charge in [0.15, 0.2) is 5.92 Å². The van der Waals surface area contributed by atoms with Crippen LogP contribution in [-0.4, -0.2) is 42.5 Å². The average molecular weight is 380 g/mol. The monoisotopic (exact) mass is 380 g/mol. The first-order chi connectivity index (χ1) is 12.3. The summed E-state index contributed by atoms with van der Waals surface area (Å²) in [6.45, 7) is 5.17. The second-order valence-electron chi connectivity index (χ2n) is 5.38. The molecule has 0 saturated carbocycles. The summed E-state index contributed by atoms with van der Waals surface area (Å²) in [5.74, 6) is -3.13. The molecule has 2 rings (SSSR count). The Hall–Kier alpha value is -2.68. The maximum atomic E-state index is 12.7. The standard InChI is InChI=1S/C17H20N2O6S/c1-4-24-16(20)15(17(21)25-5-2)14-10-19(11-18-14)26(22,23)13-8-6-12(3)7-9-13/h6-11,15H,4-5H2,1-3H3. The van der Waals surface area contributed by atoms with Crippen molar-refractivity contribution in [2.75, 3.05) is 13.2 Å². The highest BCUT2D eigenvalue weighted by Crippen LogP contribution is 2.21. The Morgan fingerprint density at radius 3 is 2.12 bits per heavy atom. The average Bonchev–Trinajstić information content (AvgIpc) is 3.06. The van der Waals surface area contributed by atoms with E-state index in [4.69, 9.17) is 9.47 Å². The molecule has 140 valence electrons. The zero-order valence-electron chi connectivity index (χ0n) is 14.7. The second kappa shape index (κ2) is 8.13. The summed E-state index contributed by atoms with van der Waals surface area (Å²) in [5.41, 5.74) is 0.859. The van der Waals surface area contributed by atoms with E-state index in [1.54, 1.807) is 26.0 Å². The van der Waals surface area contributed by atoms with E-state index in [1.165, 1.54) is 12.1 Å². The van der Waals surface area contributed by atoms with Gasteiger partial charge in [-0.1, -0.05) is 17.7 Å². The first-order valence-electron chi connectivity index (χ1n) is 8.00. The minimum Gasteiger partial charge on any atom is -0.465 e. The van der Waals surface area contributed by atoms with Crippen molar-refractivity contribution in [2.24, 2.45) is 0 Å². The van der Waals surface area contributed by atoms with Crippen LogP contribution in [0.15, 0.2) is 41.7 Å². The van der Waals surface area contributed by atoms with Crippen molar-refractivity contribution in [3.8, 4) is 0 Å². The summed E-state index contributed by atoms with van der Waals surface area (Å²) in [6.07, 6.45) is 2.16. The van der Waals surface area contributed by atoms with Crippen molar-refractivity contribution < 1.29 is 27.5 Å². The molecule has 0 unspecified atom stereocenters. The summed E-state index contributed by atoms with van der Waals surface area (Å²) in [4.78, 5) is 28.2. The zero-order valence-corrected chi connectivity index (χ0v) is 15.5. The molecule has 1 aromatic heterocycles. The third kappa shape index (κ3) is 4.10. The zero-order chi connectivity index (χ0) is 19.3. The van der Waals surface area contributed by atoms with Gasteiger partial charge in [0.25, 0.3) is 10.0 Å². The predicted molar refractivity (Wildman–Crippen MR) is 92.0 cm³/mol. The van der Waals surface area contributed by atoms with Crippen molar-refractivity contribution in [1.82, 2.24) is 8.96 Å². The van der Waals surface area contributed by atoms with Crippen LogP contribution >= 0.6 is 0 Å². The lowest BCUT2D eigenvalue weighted by atomic mass is 10.1. The van der Waals surface area contributed by atoms with E-state index in [1.807, 2.05) is 6.92 Å². The van der Waals surface area contributed by atoms with E-state index < -0.39 is 27.9 Å². The van der Waals surface area contributed by atoms with E-state index in [0.29, 0.717) is 0 Å². The number of aryl methyl sites for hydroxylation is 1. The largest absolute Gasteiger partial charge is 0.465 e. The topological polar surface area (TPSA) is 105 Å². The number of ether oxygens (including phenoxy) is 2. The van der Waals surface area contributed by atoms with Crippen molar-refractivity contribution in [3.05, 3.63) is 48.0 Å². The lowest BCUT2D eigenvalue weighted by molar-refractivity contribution is -0.157. The third-order valence-corrected chi connectivity index (χ3v) is 5.14. The molecule has 0 fully saturated rings. The van der Waals surface area contributed by atoms with Gasteiger partial charge in [0.2, 0.25) is 0 Å². The minimum atomic E-state index is -3.89. The second-order valence-corrected chi connectivity index (χ2v) is 7.23. The van der Waals surface area contributed by atoms with Crippen LogP contribution in [0.5, 0.6) is 0 Å². The maximum absolute atomic E-state index is 12.7. The van der Waals surface area contributed by atoms with Gasteiger partial charge in [-0.2, -0.15) is 0 Å². The Bertz CT molecular complexity index is 868. The smallest absolute Gasteiger partial charge is 0.326 e. The fourth-order valence-electron chi connectivity index (χ4n) is 2.22. The molecule has 0 saturated heterocycles. The first kappa shape index (κ1) is 19.6. The molecule has 1 heterocycles. The fraction of sp³-hybridized carbons (Fsp3) is 0.353. The van der Waals surface area contributed by atoms with Crippen LogP contribution < -0.4 is 0 Å². The van der Waals surface area contributed by atoms with Crippen LogP contribution in [0.25, 0.3) is 0 Å². The molecule has 9 heteroatoms. The van der Waals surface area contributed by atoms with Gasteiger partial charge in [-0.3, -0.25) is 9.59 Å². The highest BCUT2D eigenvalue weighted by Gasteiger charge is 2.34. The van der Waals surface area contributed by atoms with Crippen molar-refractivity contribution in [3.63, 3.8) is 0 Å². The summed E-state index contributed by atoms with van der Waals surface area (Å²) >= 11 is 0. The summed E-state index contributed by atoms with van der Waals surface area (Å²) in [7, 11) is -3.89. The SMILES string of the molecule is CCOC(=O)C(C(=O)OCC)c1cn(S(=O)(=O)c2ccc(C)cc2)cn1. The van der Waals surface area contributed by atoms with E-state index in [9.17, 15) is 18.0 Å². The van der Waals surface area contributed by atoms with Crippen LogP contribution in [0.1, 0.15) is 31.0 Å². The van der Waals surface area contributed by atoms with Gasteiger partial charge in [0.05, 0.1) is 23.8 Å². The molecule has 0 N–H and O–H groups in total. The molecule has 0 amide bonds. The van der Waals surface area contributed by atoms with Gasteiger partial charge in [0.1, 0.15) is 6.33 Å². The Kier molecular flexibility index (Phi) is 6.14. The molecule has 0 aliphatic heterocycles. The maximum Gasteiger partial charge on any atom is 0.326 e. The molecule has 26 heavy (non-hydrogen) atoms. The van der Waals surface area contributed by atoms with E-state index in [2.05, 4.69) is 4.98 Å². The Labute approximate surface area is 151 Å². The van der Waals surface area contributed by atoms with Crippen molar-refractivity contribution in [2.45, 2.75) is 31.6 Å². The van der Waals surface area contributed by atoms with Gasteiger partial charge in [-0.25, -0.2) is 17.4 Å². The summed E-state index contributed by atoms with van der Waals surface area (Å²) < 4.78 is 35.9. The van der Waals surface area contributed by atoms with E-state index in [-0.39, 0.29) is 23.8 Å². The van der Waals surface area contributed by atoms with Gasteiger partial charge in [-0.05, 0) is 32.9 Å². The molecule has 8 nitrogen and oxygen atoms in total. The molecule has 0 aliphatic rings. The lowest BCUT2D eigenvalue weighted by Gasteiger charge is -2.12. The number of hydrogen-bond donors (Lipinski definition) is 0. The highest BCUT2D eigenvalue weighted by molar-refractivity contribution is 7.90. The van der Waals surface area contributed by atoms with Crippen molar-refractivity contribution >= 4 is 22.0 Å². The number of nitrogens with zero attached hydrogens (tertiary/aromatic N) is 2. The first-order valence-corrected chi connectivity index (χ1v) is 9.44. The molecule has 0 radical (unpaired) electrons. The molecule has 0 atom stereocenters. The molecular formula is C17H20N2O6S. The normalized spacial score (nSPS) is 11.4. The quantitative estimate of drug-likeness (QED) is 0.531. The van der Waals surface area contributed by atoms with E-state index in [0.717, 1.165) is 22.1 Å². The number of rotatable bonds is 7. The number of carbonyl (C=O) groups is 2. The lowest BCUT2D eigenvalue weighted by Crippen LogP contribution is -2.26. The number of esters is 2. The van der Waals surface area contributed by atoms with Gasteiger partial charge in [0, 0.05) is 6.20 Å². The van der Waals surface area contributed by atoms with Crippen LogP contribution in [0.3, 0.4) is 0 Å². The Morgan fingerprint density at radius 1 is 1.08 bits per heavy atom. The van der Waals surface area contributed by atoms with Crippen LogP contribution in [0.2, 0.25) is 0 Å². The van der Waals surface area contributed by atoms with Crippen LogP contribution in [-0.2, 0) is 29.1 Å². The van der Waals surface area contributed by atoms with Crippen LogP contribution in [0, 0.1) is 6.92 Å². The number of hydrogen-bond acceptors (Lipinski definition) is 7. The molecule has 0 aliphatic carbocycles. The predicted octanol–water partition coefficient (Wildman–Crippen LogP) is 1.64. The summed E-state index contributed by atoms with van der Waals surface area (Å²) in [6, 6.07) is 6.28. The number of aromatic nitrogens is 2. The fourth-order valence-corrected chi connectivity index (χ4v) is 3.36. The molecule has 1 aromatic carbocycles. The van der Waals surface area contributed by atoms with Crippen molar-refractivity contribution in [1.29, 1.82) is 0 Å². The number of benzene rings is 1. The van der Waals surface area contributed by atoms with Gasteiger partial charge >= 0.3 is 11.9 Å². The molecule has 2 aromatic rings. The molecular weight excluding hydrogens is 360 g/mol. The molecule has 0 spiro atoms. The van der Waals surface area contributed by atoms with Gasteiger partial charge in [-0.15, -0.1) is 0 Å². The van der Waals surface area contributed by atoms with E-state index >= 15 is 0 Å².